The molecule has 5 nitrogen and oxygen atoms in total. The van der Waals surface area contributed by atoms with Crippen molar-refractivity contribution in [3.05, 3.63) is 59.7 Å². The molecule has 0 unspecified atom stereocenters. The number of nitrogens with one attached hydrogen (secondary N) is 1. The molecule has 0 fully saturated rings. The molecule has 0 heterocycles. The minimum absolute atomic E-state index is 0.000960. The van der Waals surface area contributed by atoms with Crippen LogP contribution < -0.4 is 10.2 Å². The smallest absolute Gasteiger partial charge is 0.230 e. The van der Waals surface area contributed by atoms with E-state index in [0.29, 0.717) is 13.0 Å². The Kier molecular flexibility index (Phi) is 9.72. The Morgan fingerprint density at radius 2 is 1.62 bits per heavy atom. The second kappa shape index (κ2) is 12.0. The molecule has 2 aromatic rings. The number of carbonyl (C=O) groups is 2. The van der Waals surface area contributed by atoms with E-state index in [-0.39, 0.29) is 29.2 Å². The van der Waals surface area contributed by atoms with E-state index in [1.54, 1.807) is 0 Å². The summed E-state index contributed by atoms with van der Waals surface area (Å²) in [6.45, 7) is 13.0. The van der Waals surface area contributed by atoms with Crippen LogP contribution in [0.4, 0.5) is 11.4 Å². The molecular weight excluding hydrogens is 422 g/mol. The zero-order valence-electron chi connectivity index (χ0n) is 22.3. The van der Waals surface area contributed by atoms with Crippen LogP contribution in [0, 0.1) is 5.41 Å². The largest absolute Gasteiger partial charge is 0.377 e. The van der Waals surface area contributed by atoms with Crippen LogP contribution in [-0.2, 0) is 16.1 Å². The SMILES string of the molecule is CC[C@H](C(=O)N(Cc1cc(NC(=O)CC(C)(C)C)ccc1N(C)C)[C@@H](C)CC)c1ccccc1. The minimum atomic E-state index is -0.173. The lowest BCUT2D eigenvalue weighted by atomic mass is 9.92. The van der Waals surface area contributed by atoms with Gasteiger partial charge in [-0.2, -0.15) is 0 Å². The molecule has 2 amide bonds. The van der Waals surface area contributed by atoms with Crippen molar-refractivity contribution >= 4 is 23.2 Å². The van der Waals surface area contributed by atoms with Gasteiger partial charge in [0.1, 0.15) is 0 Å². The van der Waals surface area contributed by atoms with Gasteiger partial charge in [-0.3, -0.25) is 9.59 Å². The maximum absolute atomic E-state index is 13.8. The summed E-state index contributed by atoms with van der Waals surface area (Å²) >= 11 is 0. The molecule has 34 heavy (non-hydrogen) atoms. The average molecular weight is 466 g/mol. The van der Waals surface area contributed by atoms with Gasteiger partial charge in [-0.1, -0.05) is 65.0 Å². The molecule has 0 bridgehead atoms. The number of amides is 2. The van der Waals surface area contributed by atoms with Crippen LogP contribution in [-0.4, -0.2) is 36.9 Å². The highest BCUT2D eigenvalue weighted by molar-refractivity contribution is 5.91. The first-order valence-corrected chi connectivity index (χ1v) is 12.4. The number of hydrogen-bond acceptors (Lipinski definition) is 3. The van der Waals surface area contributed by atoms with Gasteiger partial charge >= 0.3 is 0 Å². The molecule has 2 atom stereocenters. The number of benzene rings is 2. The summed E-state index contributed by atoms with van der Waals surface area (Å²) in [5, 5.41) is 3.05. The third-order valence-electron chi connectivity index (χ3n) is 6.19. The van der Waals surface area contributed by atoms with Crippen molar-refractivity contribution in [1.29, 1.82) is 0 Å². The van der Waals surface area contributed by atoms with Gasteiger partial charge in [0.05, 0.1) is 5.92 Å². The molecule has 1 N–H and O–H groups in total. The van der Waals surface area contributed by atoms with Crippen LogP contribution >= 0.6 is 0 Å². The Morgan fingerprint density at radius 3 is 2.15 bits per heavy atom. The van der Waals surface area contributed by atoms with Crippen molar-refractivity contribution in [3.63, 3.8) is 0 Å². The summed E-state index contributed by atoms with van der Waals surface area (Å²) in [6.07, 6.45) is 2.07. The highest BCUT2D eigenvalue weighted by atomic mass is 16.2. The van der Waals surface area contributed by atoms with E-state index < -0.39 is 0 Å². The van der Waals surface area contributed by atoms with Crippen LogP contribution in [0.1, 0.15) is 77.8 Å². The Labute approximate surface area is 206 Å². The maximum Gasteiger partial charge on any atom is 0.230 e. The van der Waals surface area contributed by atoms with E-state index in [2.05, 4.69) is 51.8 Å². The Morgan fingerprint density at radius 1 is 0.971 bits per heavy atom. The Hall–Kier alpha value is -2.82. The van der Waals surface area contributed by atoms with E-state index in [1.165, 1.54) is 0 Å². The lowest BCUT2D eigenvalue weighted by molar-refractivity contribution is -0.135. The third-order valence-corrected chi connectivity index (χ3v) is 6.19. The predicted molar refractivity (Wildman–Crippen MR) is 143 cm³/mol. The number of anilines is 2. The monoisotopic (exact) mass is 465 g/mol. The van der Waals surface area contributed by atoms with E-state index in [9.17, 15) is 9.59 Å². The van der Waals surface area contributed by atoms with Crippen molar-refractivity contribution in [2.45, 2.75) is 79.3 Å². The normalized spacial score (nSPS) is 13.2. The van der Waals surface area contributed by atoms with Crippen LogP contribution in [0.15, 0.2) is 48.5 Å². The lowest BCUT2D eigenvalue weighted by Gasteiger charge is -2.33. The Bertz CT molecular complexity index is 948. The van der Waals surface area contributed by atoms with Crippen LogP contribution in [0.2, 0.25) is 0 Å². The molecule has 0 aliphatic carbocycles. The molecule has 0 aliphatic heterocycles. The maximum atomic E-state index is 13.8. The third kappa shape index (κ3) is 7.61. The van der Waals surface area contributed by atoms with E-state index in [1.807, 2.05) is 67.5 Å². The highest BCUT2D eigenvalue weighted by Crippen LogP contribution is 2.29. The first kappa shape index (κ1) is 27.4. The van der Waals surface area contributed by atoms with Gasteiger partial charge < -0.3 is 15.1 Å². The van der Waals surface area contributed by atoms with Gasteiger partial charge in [0, 0.05) is 44.5 Å². The van der Waals surface area contributed by atoms with E-state index >= 15 is 0 Å². The fourth-order valence-corrected chi connectivity index (χ4v) is 4.21. The minimum Gasteiger partial charge on any atom is -0.377 e. The number of nitrogens with zero attached hydrogens (tertiary/aromatic N) is 2. The van der Waals surface area contributed by atoms with Crippen molar-refractivity contribution in [1.82, 2.24) is 4.90 Å². The quantitative estimate of drug-likeness (QED) is 0.439. The van der Waals surface area contributed by atoms with Gasteiger partial charge in [-0.15, -0.1) is 0 Å². The van der Waals surface area contributed by atoms with Gasteiger partial charge in [0.15, 0.2) is 0 Å². The van der Waals surface area contributed by atoms with Crippen LogP contribution in [0.5, 0.6) is 0 Å². The summed E-state index contributed by atoms with van der Waals surface area (Å²) < 4.78 is 0. The molecular formula is C29H43N3O2. The highest BCUT2D eigenvalue weighted by Gasteiger charge is 2.28. The summed E-state index contributed by atoms with van der Waals surface area (Å²) in [7, 11) is 4.01. The molecule has 0 saturated carbocycles. The fraction of sp³-hybridized carbons (Fsp3) is 0.517. The van der Waals surface area contributed by atoms with Gasteiger partial charge in [0.2, 0.25) is 11.8 Å². The zero-order chi connectivity index (χ0) is 25.5. The molecule has 0 spiro atoms. The molecule has 186 valence electrons. The van der Waals surface area contributed by atoms with Crippen molar-refractivity contribution in [3.8, 4) is 0 Å². The number of rotatable bonds is 10. The molecule has 2 aromatic carbocycles. The topological polar surface area (TPSA) is 52.7 Å². The van der Waals surface area contributed by atoms with Crippen molar-refractivity contribution < 1.29 is 9.59 Å². The number of carbonyl (C=O) groups excluding carboxylic acids is 2. The summed E-state index contributed by atoms with van der Waals surface area (Å²) in [5.74, 6) is -0.0244. The molecule has 0 saturated heterocycles. The number of hydrogen-bond donors (Lipinski definition) is 1. The van der Waals surface area contributed by atoms with Crippen molar-refractivity contribution in [2.75, 3.05) is 24.3 Å². The second-order valence-electron chi connectivity index (χ2n) is 10.6. The summed E-state index contributed by atoms with van der Waals surface area (Å²) in [4.78, 5) is 30.4. The van der Waals surface area contributed by atoms with E-state index in [4.69, 9.17) is 0 Å². The summed E-state index contributed by atoms with van der Waals surface area (Å²) in [5.41, 5.74) is 3.81. The molecule has 2 rings (SSSR count). The van der Waals surface area contributed by atoms with Crippen LogP contribution in [0.3, 0.4) is 0 Å². The van der Waals surface area contributed by atoms with Crippen LogP contribution in [0.25, 0.3) is 0 Å². The van der Waals surface area contributed by atoms with E-state index in [0.717, 1.165) is 35.3 Å². The van der Waals surface area contributed by atoms with Gasteiger partial charge in [-0.25, -0.2) is 0 Å². The van der Waals surface area contributed by atoms with Gasteiger partial charge in [-0.05, 0) is 54.5 Å². The average Bonchev–Trinajstić information content (AvgIpc) is 2.76. The lowest BCUT2D eigenvalue weighted by Crippen LogP contribution is -2.41. The van der Waals surface area contributed by atoms with Crippen molar-refractivity contribution in [2.24, 2.45) is 5.41 Å². The second-order valence-corrected chi connectivity index (χ2v) is 10.6. The molecule has 5 heteroatoms. The zero-order valence-corrected chi connectivity index (χ0v) is 22.3. The first-order valence-electron chi connectivity index (χ1n) is 12.4. The molecule has 0 aromatic heterocycles. The predicted octanol–water partition coefficient (Wildman–Crippen LogP) is 6.45. The molecule has 0 aliphatic rings. The summed E-state index contributed by atoms with van der Waals surface area (Å²) in [6, 6.07) is 16.1. The fourth-order valence-electron chi connectivity index (χ4n) is 4.21. The standard InChI is InChI=1S/C29H43N3O2/c1-9-21(3)32(28(34)25(10-2)22-14-12-11-13-15-22)20-23-18-24(16-17-26(23)31(7)8)30-27(33)19-29(4,5)6/h11-18,21,25H,9-10,19-20H2,1-8H3,(H,30,33)/t21-,25-/m0/s1. The van der Waals surface area contributed by atoms with Gasteiger partial charge in [0.25, 0.3) is 0 Å². The molecule has 0 radical (unpaired) electrons. The Balaban J connectivity index is 2.39. The first-order chi connectivity index (χ1) is 16.0.